The average Bonchev–Trinajstić information content (AvgIpc) is 3.00. The number of rotatable bonds is 4. The summed E-state index contributed by atoms with van der Waals surface area (Å²) >= 11 is 0. The van der Waals surface area contributed by atoms with Crippen molar-refractivity contribution in [1.29, 1.82) is 0 Å². The van der Waals surface area contributed by atoms with Crippen molar-refractivity contribution in [3.63, 3.8) is 0 Å². The molecule has 27 heavy (non-hydrogen) atoms. The second-order valence-corrected chi connectivity index (χ2v) is 6.26. The zero-order valence-corrected chi connectivity index (χ0v) is 14.2. The quantitative estimate of drug-likeness (QED) is 0.586. The number of imidazole rings is 1. The van der Waals surface area contributed by atoms with Gasteiger partial charge in [0.1, 0.15) is 11.3 Å². The molecule has 4 aromatic rings. The summed E-state index contributed by atoms with van der Waals surface area (Å²) in [7, 11) is 0. The highest BCUT2D eigenvalue weighted by molar-refractivity contribution is 6.06. The lowest BCUT2D eigenvalue weighted by atomic mass is 10.2. The van der Waals surface area contributed by atoms with E-state index in [-0.39, 0.29) is 12.2 Å². The van der Waals surface area contributed by atoms with Gasteiger partial charge in [-0.25, -0.2) is 9.97 Å². The lowest BCUT2D eigenvalue weighted by Crippen LogP contribution is -2.13. The molecule has 0 aliphatic carbocycles. The number of hydrogen-bond acceptors (Lipinski definition) is 4. The predicted molar refractivity (Wildman–Crippen MR) is 97.2 cm³/mol. The fourth-order valence-electron chi connectivity index (χ4n) is 3.17. The highest BCUT2D eigenvalue weighted by Gasteiger charge is 2.28. The molecule has 0 bridgehead atoms. The third kappa shape index (κ3) is 3.42. The van der Waals surface area contributed by atoms with Gasteiger partial charge in [-0.2, -0.15) is 13.2 Å². The van der Waals surface area contributed by atoms with Crippen molar-refractivity contribution in [3.8, 4) is 0 Å². The standard InChI is InChI=1S/C19H16F3N5/c20-19(21,22)9-8-15-26-16-17(27(15)11-12-5-3-4-10-24-12)13-6-1-2-7-14(13)25-18(16)23/h1-7,10H,8-9,11H2,(H2,23,25). The Kier molecular flexibility index (Phi) is 4.18. The zero-order chi connectivity index (χ0) is 19.0. The molecule has 0 saturated heterocycles. The molecule has 3 heterocycles. The third-order valence-electron chi connectivity index (χ3n) is 4.37. The number of nitrogen functional groups attached to an aromatic ring is 1. The minimum atomic E-state index is -4.26. The van der Waals surface area contributed by atoms with Crippen molar-refractivity contribution in [3.05, 3.63) is 60.2 Å². The van der Waals surface area contributed by atoms with Crippen LogP contribution in [0.5, 0.6) is 0 Å². The number of aromatic nitrogens is 4. The first-order valence-electron chi connectivity index (χ1n) is 8.42. The fourth-order valence-corrected chi connectivity index (χ4v) is 3.17. The van der Waals surface area contributed by atoms with Gasteiger partial charge in [-0.3, -0.25) is 4.98 Å². The van der Waals surface area contributed by atoms with Crippen molar-refractivity contribution in [2.24, 2.45) is 0 Å². The van der Waals surface area contributed by atoms with Crippen LogP contribution in [0.2, 0.25) is 0 Å². The summed E-state index contributed by atoms with van der Waals surface area (Å²) in [6.45, 7) is 0.304. The van der Waals surface area contributed by atoms with Gasteiger partial charge in [0.05, 0.1) is 29.7 Å². The number of para-hydroxylation sites is 1. The molecule has 8 heteroatoms. The summed E-state index contributed by atoms with van der Waals surface area (Å²) in [4.78, 5) is 13.0. The van der Waals surface area contributed by atoms with Gasteiger partial charge < -0.3 is 10.3 Å². The van der Waals surface area contributed by atoms with E-state index in [2.05, 4.69) is 15.0 Å². The predicted octanol–water partition coefficient (Wildman–Crippen LogP) is 4.10. The van der Waals surface area contributed by atoms with Crippen molar-refractivity contribution < 1.29 is 13.2 Å². The molecule has 0 aliphatic heterocycles. The molecular weight excluding hydrogens is 355 g/mol. The summed E-state index contributed by atoms with van der Waals surface area (Å²) in [6, 6.07) is 12.8. The Morgan fingerprint density at radius 1 is 1.00 bits per heavy atom. The number of benzene rings is 1. The van der Waals surface area contributed by atoms with Crippen LogP contribution < -0.4 is 5.73 Å². The summed E-state index contributed by atoms with van der Waals surface area (Å²) in [5.41, 5.74) is 8.55. The van der Waals surface area contributed by atoms with Gasteiger partial charge in [-0.1, -0.05) is 24.3 Å². The number of alkyl halides is 3. The van der Waals surface area contributed by atoms with Gasteiger partial charge in [-0.15, -0.1) is 0 Å². The molecule has 0 amide bonds. The minimum absolute atomic E-state index is 0.205. The SMILES string of the molecule is Nc1nc2ccccc2c2c1nc(CCC(F)(F)F)n2Cc1ccccn1. The van der Waals surface area contributed by atoms with E-state index in [1.165, 1.54) is 0 Å². The Bertz CT molecular complexity index is 1100. The van der Waals surface area contributed by atoms with Crippen molar-refractivity contribution in [2.75, 3.05) is 5.73 Å². The Morgan fingerprint density at radius 2 is 1.78 bits per heavy atom. The van der Waals surface area contributed by atoms with Crippen LogP contribution in [-0.4, -0.2) is 25.7 Å². The number of halogens is 3. The van der Waals surface area contributed by atoms with Crippen LogP contribution in [0.3, 0.4) is 0 Å². The lowest BCUT2D eigenvalue weighted by molar-refractivity contribution is -0.134. The molecule has 0 unspecified atom stereocenters. The molecule has 1 aromatic carbocycles. The maximum atomic E-state index is 12.8. The van der Waals surface area contributed by atoms with Crippen LogP contribution >= 0.6 is 0 Å². The lowest BCUT2D eigenvalue weighted by Gasteiger charge is -2.11. The molecule has 0 fully saturated rings. The maximum absolute atomic E-state index is 12.8. The van der Waals surface area contributed by atoms with Gasteiger partial charge in [0.2, 0.25) is 0 Å². The number of nitrogens with zero attached hydrogens (tertiary/aromatic N) is 4. The largest absolute Gasteiger partial charge is 0.389 e. The third-order valence-corrected chi connectivity index (χ3v) is 4.37. The highest BCUT2D eigenvalue weighted by Crippen LogP contribution is 2.31. The molecular formula is C19H16F3N5. The molecule has 0 aliphatic rings. The van der Waals surface area contributed by atoms with Crippen molar-refractivity contribution >= 4 is 27.8 Å². The van der Waals surface area contributed by atoms with E-state index < -0.39 is 12.6 Å². The molecule has 0 saturated carbocycles. The van der Waals surface area contributed by atoms with Gasteiger partial charge >= 0.3 is 6.18 Å². The van der Waals surface area contributed by atoms with E-state index in [0.717, 1.165) is 11.1 Å². The van der Waals surface area contributed by atoms with E-state index in [0.29, 0.717) is 28.9 Å². The number of pyridine rings is 2. The molecule has 4 rings (SSSR count). The molecule has 0 radical (unpaired) electrons. The van der Waals surface area contributed by atoms with E-state index in [1.807, 2.05) is 36.4 Å². The Morgan fingerprint density at radius 3 is 2.52 bits per heavy atom. The Hall–Kier alpha value is -3.16. The number of anilines is 1. The van der Waals surface area contributed by atoms with Gasteiger partial charge in [0.25, 0.3) is 0 Å². The van der Waals surface area contributed by atoms with Crippen molar-refractivity contribution in [2.45, 2.75) is 25.6 Å². The second-order valence-electron chi connectivity index (χ2n) is 6.26. The summed E-state index contributed by atoms with van der Waals surface area (Å²) in [5.74, 6) is 0.523. The molecule has 0 spiro atoms. The summed E-state index contributed by atoms with van der Waals surface area (Å²) < 4.78 is 40.2. The summed E-state index contributed by atoms with van der Waals surface area (Å²) in [5, 5.41) is 0.795. The van der Waals surface area contributed by atoms with Crippen LogP contribution in [0.1, 0.15) is 17.9 Å². The van der Waals surface area contributed by atoms with E-state index >= 15 is 0 Å². The Balaban J connectivity index is 1.94. The average molecular weight is 371 g/mol. The fraction of sp³-hybridized carbons (Fsp3) is 0.211. The first-order chi connectivity index (χ1) is 12.9. The van der Waals surface area contributed by atoms with Crippen LogP contribution in [0.25, 0.3) is 21.9 Å². The first kappa shape index (κ1) is 17.3. The van der Waals surface area contributed by atoms with Gasteiger partial charge in [-0.05, 0) is 18.2 Å². The first-order valence-corrected chi connectivity index (χ1v) is 8.42. The number of nitrogens with two attached hydrogens (primary N) is 1. The number of aryl methyl sites for hydroxylation is 1. The highest BCUT2D eigenvalue weighted by atomic mass is 19.4. The second kappa shape index (κ2) is 6.53. The topological polar surface area (TPSA) is 69.6 Å². The van der Waals surface area contributed by atoms with Crippen LogP contribution in [0, 0.1) is 0 Å². The van der Waals surface area contributed by atoms with Gasteiger partial charge in [0.15, 0.2) is 5.82 Å². The van der Waals surface area contributed by atoms with Crippen molar-refractivity contribution in [1.82, 2.24) is 19.5 Å². The number of hydrogen-bond donors (Lipinski definition) is 1. The summed E-state index contributed by atoms with van der Waals surface area (Å²) in [6.07, 6.45) is -3.81. The molecule has 138 valence electrons. The zero-order valence-electron chi connectivity index (χ0n) is 14.2. The minimum Gasteiger partial charge on any atom is -0.382 e. The van der Waals surface area contributed by atoms with Crippen LogP contribution in [-0.2, 0) is 13.0 Å². The van der Waals surface area contributed by atoms with Crippen LogP contribution in [0.15, 0.2) is 48.7 Å². The molecule has 5 nitrogen and oxygen atoms in total. The number of fused-ring (bicyclic) bond motifs is 3. The van der Waals surface area contributed by atoms with Crippen LogP contribution in [0.4, 0.5) is 19.0 Å². The molecule has 0 atom stereocenters. The maximum Gasteiger partial charge on any atom is 0.389 e. The Labute approximate surface area is 152 Å². The smallest absolute Gasteiger partial charge is 0.382 e. The van der Waals surface area contributed by atoms with E-state index in [9.17, 15) is 13.2 Å². The molecule has 2 N–H and O–H groups in total. The van der Waals surface area contributed by atoms with Gasteiger partial charge in [0, 0.05) is 18.0 Å². The molecule has 3 aromatic heterocycles. The monoisotopic (exact) mass is 371 g/mol. The normalized spacial score (nSPS) is 12.1. The van der Waals surface area contributed by atoms with E-state index in [4.69, 9.17) is 5.73 Å². The van der Waals surface area contributed by atoms with E-state index in [1.54, 1.807) is 16.8 Å².